The van der Waals surface area contributed by atoms with Crippen LogP contribution < -0.4 is 0 Å². The molecule has 0 N–H and O–H groups in total. The monoisotopic (exact) mass is 289 g/mol. The van der Waals surface area contributed by atoms with E-state index in [1.54, 1.807) is 6.20 Å². The van der Waals surface area contributed by atoms with E-state index in [1.807, 2.05) is 41.3 Å². The van der Waals surface area contributed by atoms with Gasteiger partial charge < -0.3 is 4.90 Å². The van der Waals surface area contributed by atoms with Crippen LogP contribution in [0.25, 0.3) is 10.9 Å². The second-order valence-electron chi connectivity index (χ2n) is 5.47. The summed E-state index contributed by atoms with van der Waals surface area (Å²) < 4.78 is 0. The number of rotatable bonds is 3. The van der Waals surface area contributed by atoms with Crippen LogP contribution in [-0.4, -0.2) is 27.3 Å². The van der Waals surface area contributed by atoms with Crippen molar-refractivity contribution in [1.29, 1.82) is 0 Å². The molecule has 0 saturated carbocycles. The van der Waals surface area contributed by atoms with E-state index in [4.69, 9.17) is 0 Å². The van der Waals surface area contributed by atoms with E-state index in [2.05, 4.69) is 22.1 Å². The summed E-state index contributed by atoms with van der Waals surface area (Å²) in [7, 11) is 0. The minimum Gasteiger partial charge on any atom is -0.332 e. The molecule has 1 aliphatic rings. The summed E-state index contributed by atoms with van der Waals surface area (Å²) >= 11 is 0. The van der Waals surface area contributed by atoms with Crippen molar-refractivity contribution in [2.75, 3.05) is 6.54 Å². The quantitative estimate of drug-likeness (QED) is 0.745. The highest BCUT2D eigenvalue weighted by molar-refractivity contribution is 5.97. The van der Waals surface area contributed by atoms with Gasteiger partial charge in [-0.05, 0) is 24.3 Å². The predicted octanol–water partition coefficient (Wildman–Crippen LogP) is 2.83. The molecule has 3 heterocycles. The lowest BCUT2D eigenvalue weighted by Crippen LogP contribution is -2.26. The molecular formula is C18H15N3O. The molecule has 1 aromatic carbocycles. The van der Waals surface area contributed by atoms with Gasteiger partial charge in [-0.3, -0.25) is 14.8 Å². The Labute approximate surface area is 128 Å². The number of fused-ring (bicyclic) bond motifs is 2. The van der Waals surface area contributed by atoms with Crippen molar-refractivity contribution in [1.82, 2.24) is 14.9 Å². The van der Waals surface area contributed by atoms with E-state index in [0.29, 0.717) is 13.1 Å². The highest BCUT2D eigenvalue weighted by atomic mass is 16.2. The van der Waals surface area contributed by atoms with Crippen molar-refractivity contribution in [3.63, 3.8) is 0 Å². The van der Waals surface area contributed by atoms with Gasteiger partial charge in [-0.15, -0.1) is 0 Å². The fourth-order valence-corrected chi connectivity index (χ4v) is 2.86. The van der Waals surface area contributed by atoms with E-state index < -0.39 is 0 Å². The number of amides is 1. The maximum absolute atomic E-state index is 12.3. The number of hydrogen-bond donors (Lipinski definition) is 0. The smallest absolute Gasteiger partial charge is 0.256 e. The first-order chi connectivity index (χ1) is 10.8. The highest BCUT2D eigenvalue weighted by Gasteiger charge is 2.27. The number of hydrogen-bond acceptors (Lipinski definition) is 3. The third kappa shape index (κ3) is 2.22. The Hall–Kier alpha value is -2.75. The topological polar surface area (TPSA) is 46.1 Å². The van der Waals surface area contributed by atoms with Crippen molar-refractivity contribution < 1.29 is 4.79 Å². The minimum atomic E-state index is 0.0730. The zero-order chi connectivity index (χ0) is 14.9. The van der Waals surface area contributed by atoms with Gasteiger partial charge in [-0.25, -0.2) is 0 Å². The van der Waals surface area contributed by atoms with Gasteiger partial charge in [0.1, 0.15) is 0 Å². The molecule has 22 heavy (non-hydrogen) atoms. The van der Waals surface area contributed by atoms with Crippen molar-refractivity contribution in [3.05, 3.63) is 71.7 Å². The SMILES string of the molecule is O=C1c2cccnc2CN1CCc1ccc2ccccc2n1. The normalized spacial score (nSPS) is 13.6. The summed E-state index contributed by atoms with van der Waals surface area (Å²) in [5.74, 6) is 0.0730. The van der Waals surface area contributed by atoms with E-state index in [9.17, 15) is 4.79 Å². The van der Waals surface area contributed by atoms with Gasteiger partial charge in [0, 0.05) is 30.2 Å². The van der Waals surface area contributed by atoms with Crippen LogP contribution in [0.3, 0.4) is 0 Å². The summed E-state index contributed by atoms with van der Waals surface area (Å²) in [4.78, 5) is 23.1. The number of benzene rings is 1. The zero-order valence-electron chi connectivity index (χ0n) is 12.1. The Bertz CT molecular complexity index is 860. The third-order valence-electron chi connectivity index (χ3n) is 4.04. The van der Waals surface area contributed by atoms with Crippen LogP contribution in [0, 0.1) is 0 Å². The minimum absolute atomic E-state index is 0.0730. The maximum Gasteiger partial charge on any atom is 0.256 e. The second kappa shape index (κ2) is 5.22. The molecule has 0 bridgehead atoms. The van der Waals surface area contributed by atoms with Crippen LogP contribution in [0.1, 0.15) is 21.7 Å². The van der Waals surface area contributed by atoms with E-state index >= 15 is 0 Å². The Morgan fingerprint density at radius 3 is 2.86 bits per heavy atom. The highest BCUT2D eigenvalue weighted by Crippen LogP contribution is 2.20. The van der Waals surface area contributed by atoms with Gasteiger partial charge >= 0.3 is 0 Å². The first kappa shape index (κ1) is 13.0. The fourth-order valence-electron chi connectivity index (χ4n) is 2.86. The number of nitrogens with zero attached hydrogens (tertiary/aromatic N) is 3. The Morgan fingerprint density at radius 1 is 1.05 bits per heavy atom. The van der Waals surface area contributed by atoms with Gasteiger partial charge in [0.2, 0.25) is 0 Å². The van der Waals surface area contributed by atoms with E-state index in [0.717, 1.165) is 34.3 Å². The number of aromatic nitrogens is 2. The van der Waals surface area contributed by atoms with Gasteiger partial charge in [0.15, 0.2) is 0 Å². The zero-order valence-corrected chi connectivity index (χ0v) is 12.1. The summed E-state index contributed by atoms with van der Waals surface area (Å²) in [5, 5.41) is 1.14. The second-order valence-corrected chi connectivity index (χ2v) is 5.47. The molecule has 3 aromatic rings. The molecule has 0 saturated heterocycles. The summed E-state index contributed by atoms with van der Waals surface area (Å²) in [5.41, 5.74) is 3.61. The van der Waals surface area contributed by atoms with E-state index in [-0.39, 0.29) is 5.91 Å². The molecule has 0 atom stereocenters. The molecular weight excluding hydrogens is 274 g/mol. The number of carbonyl (C=O) groups excluding carboxylic acids is 1. The first-order valence-electron chi connectivity index (χ1n) is 7.39. The molecule has 0 aliphatic carbocycles. The number of carbonyl (C=O) groups is 1. The fraction of sp³-hybridized carbons (Fsp3) is 0.167. The molecule has 4 nitrogen and oxygen atoms in total. The van der Waals surface area contributed by atoms with Gasteiger partial charge in [-0.2, -0.15) is 0 Å². The predicted molar refractivity (Wildman–Crippen MR) is 84.4 cm³/mol. The maximum atomic E-state index is 12.3. The average molecular weight is 289 g/mol. The van der Waals surface area contributed by atoms with Gasteiger partial charge in [0.05, 0.1) is 23.3 Å². The molecule has 0 unspecified atom stereocenters. The molecule has 1 aliphatic heterocycles. The molecule has 4 heteroatoms. The van der Waals surface area contributed by atoms with Crippen LogP contribution in [0.5, 0.6) is 0 Å². The van der Waals surface area contributed by atoms with Crippen molar-refractivity contribution in [3.8, 4) is 0 Å². The molecule has 0 radical (unpaired) electrons. The molecule has 2 aromatic heterocycles. The summed E-state index contributed by atoms with van der Waals surface area (Å²) in [6.07, 6.45) is 2.49. The molecule has 0 spiro atoms. The third-order valence-corrected chi connectivity index (χ3v) is 4.04. The summed E-state index contributed by atoms with van der Waals surface area (Å²) in [6, 6.07) is 15.8. The lowest BCUT2D eigenvalue weighted by Gasteiger charge is -2.14. The van der Waals surface area contributed by atoms with Crippen LogP contribution in [0.4, 0.5) is 0 Å². The number of pyridine rings is 2. The van der Waals surface area contributed by atoms with E-state index in [1.165, 1.54) is 0 Å². The van der Waals surface area contributed by atoms with Crippen LogP contribution in [0.2, 0.25) is 0 Å². The Morgan fingerprint density at radius 2 is 1.95 bits per heavy atom. The standard InChI is InChI=1S/C18H15N3O/c22-18-15-5-3-10-19-17(15)12-21(18)11-9-14-8-7-13-4-1-2-6-16(13)20-14/h1-8,10H,9,11-12H2. The largest absolute Gasteiger partial charge is 0.332 e. The van der Waals surface area contributed by atoms with Crippen molar-refractivity contribution in [2.45, 2.75) is 13.0 Å². The molecule has 4 rings (SSSR count). The average Bonchev–Trinajstić information content (AvgIpc) is 2.89. The summed E-state index contributed by atoms with van der Waals surface area (Å²) in [6.45, 7) is 1.27. The molecule has 0 fully saturated rings. The lowest BCUT2D eigenvalue weighted by atomic mass is 10.2. The van der Waals surface area contributed by atoms with Crippen molar-refractivity contribution >= 4 is 16.8 Å². The van der Waals surface area contributed by atoms with Gasteiger partial charge in [-0.1, -0.05) is 24.3 Å². The van der Waals surface area contributed by atoms with Crippen LogP contribution in [-0.2, 0) is 13.0 Å². The molecule has 108 valence electrons. The van der Waals surface area contributed by atoms with Gasteiger partial charge in [0.25, 0.3) is 5.91 Å². The lowest BCUT2D eigenvalue weighted by molar-refractivity contribution is 0.0779. The molecule has 1 amide bonds. The van der Waals surface area contributed by atoms with Crippen molar-refractivity contribution in [2.24, 2.45) is 0 Å². The Kier molecular flexibility index (Phi) is 3.07. The number of para-hydroxylation sites is 1. The Balaban J connectivity index is 1.50. The van der Waals surface area contributed by atoms with Crippen LogP contribution in [0.15, 0.2) is 54.7 Å². The van der Waals surface area contributed by atoms with Crippen LogP contribution >= 0.6 is 0 Å². The first-order valence-corrected chi connectivity index (χ1v) is 7.39.